The molecule has 1 unspecified atom stereocenters. The van der Waals surface area contributed by atoms with Crippen LogP contribution in [0.4, 0.5) is 0 Å². The molecular formula is C20H22N2O2. The maximum absolute atomic E-state index is 11.2. The average Bonchev–Trinajstić information content (AvgIpc) is 3.03. The summed E-state index contributed by atoms with van der Waals surface area (Å²) >= 11 is 0. The highest BCUT2D eigenvalue weighted by Crippen LogP contribution is 2.32. The third kappa shape index (κ3) is 4.09. The van der Waals surface area contributed by atoms with Crippen LogP contribution in [-0.2, 0) is 22.4 Å². The Morgan fingerprint density at radius 3 is 3.12 bits per heavy atom. The van der Waals surface area contributed by atoms with E-state index >= 15 is 0 Å². The zero-order valence-electron chi connectivity index (χ0n) is 13.9. The van der Waals surface area contributed by atoms with Crippen molar-refractivity contribution in [1.29, 1.82) is 0 Å². The van der Waals surface area contributed by atoms with Gasteiger partial charge in [0, 0.05) is 24.5 Å². The molecule has 0 amide bonds. The number of hydrogen-bond acceptors (Lipinski definition) is 4. The number of ether oxygens (including phenoxy) is 1. The number of rotatable bonds is 6. The van der Waals surface area contributed by atoms with E-state index in [0.717, 1.165) is 31.4 Å². The molecule has 1 aliphatic carbocycles. The van der Waals surface area contributed by atoms with Crippen LogP contribution in [0.5, 0.6) is 0 Å². The minimum absolute atomic E-state index is 0.328. The normalized spacial score (nSPS) is 16.3. The predicted molar refractivity (Wildman–Crippen MR) is 94.5 cm³/mol. The summed E-state index contributed by atoms with van der Waals surface area (Å²) < 4.78 is 4.62. The highest BCUT2D eigenvalue weighted by molar-refractivity contribution is 5.86. The Bertz CT molecular complexity index is 726. The van der Waals surface area contributed by atoms with E-state index in [1.54, 1.807) is 12.3 Å². The molecule has 24 heavy (non-hydrogen) atoms. The number of nitrogens with zero attached hydrogens (tertiary/aromatic N) is 1. The number of aryl methyl sites for hydroxylation is 1. The number of methoxy groups -OCH3 is 1. The number of esters is 1. The number of pyridine rings is 1. The molecule has 1 atom stereocenters. The van der Waals surface area contributed by atoms with Gasteiger partial charge in [-0.2, -0.15) is 0 Å². The number of nitrogens with one attached hydrogen (secondary N) is 1. The Morgan fingerprint density at radius 2 is 2.33 bits per heavy atom. The van der Waals surface area contributed by atoms with E-state index in [9.17, 15) is 4.79 Å². The molecule has 0 bridgehead atoms. The van der Waals surface area contributed by atoms with Crippen LogP contribution in [0.3, 0.4) is 0 Å². The lowest BCUT2D eigenvalue weighted by molar-refractivity contribution is -0.134. The van der Waals surface area contributed by atoms with Gasteiger partial charge in [0.25, 0.3) is 0 Å². The van der Waals surface area contributed by atoms with E-state index in [1.165, 1.54) is 29.9 Å². The molecule has 1 N–H and O–H groups in total. The highest BCUT2D eigenvalue weighted by atomic mass is 16.5. The second kappa shape index (κ2) is 7.88. The molecule has 4 nitrogen and oxygen atoms in total. The fraction of sp³-hybridized carbons (Fsp3) is 0.300. The van der Waals surface area contributed by atoms with Gasteiger partial charge in [-0.15, -0.1) is 0 Å². The van der Waals surface area contributed by atoms with E-state index in [0.29, 0.717) is 6.04 Å². The molecule has 124 valence electrons. The Kier molecular flexibility index (Phi) is 5.39. The monoisotopic (exact) mass is 322 g/mol. The molecule has 0 radical (unpaired) electrons. The first-order chi connectivity index (χ1) is 11.8. The summed E-state index contributed by atoms with van der Waals surface area (Å²) in [6.07, 6.45) is 10.2. The second-order valence-electron chi connectivity index (χ2n) is 5.97. The molecule has 0 saturated heterocycles. The quantitative estimate of drug-likeness (QED) is 0.656. The van der Waals surface area contributed by atoms with Crippen LogP contribution < -0.4 is 5.32 Å². The molecule has 0 spiro atoms. The molecule has 0 aliphatic heterocycles. The first-order valence-electron chi connectivity index (χ1n) is 8.27. The van der Waals surface area contributed by atoms with Crippen LogP contribution >= 0.6 is 0 Å². The predicted octanol–water partition coefficient (Wildman–Crippen LogP) is 3.09. The van der Waals surface area contributed by atoms with Crippen molar-refractivity contribution in [1.82, 2.24) is 10.3 Å². The van der Waals surface area contributed by atoms with Crippen molar-refractivity contribution >= 4 is 12.0 Å². The molecule has 4 heteroatoms. The lowest BCUT2D eigenvalue weighted by Gasteiger charge is -2.14. The Hall–Kier alpha value is -2.46. The lowest BCUT2D eigenvalue weighted by atomic mass is 10.0. The fourth-order valence-corrected chi connectivity index (χ4v) is 3.12. The Labute approximate surface area is 142 Å². The standard InChI is InChI=1S/C20H22N2O2/c1-24-20(23)9-5-15-4-7-18-17(13-15)6-8-19(18)22-12-10-16-3-2-11-21-14-16/h2-5,7,9,11,13-14,19,22H,6,8,10,12H2,1H3. The zero-order valence-corrected chi connectivity index (χ0v) is 13.9. The van der Waals surface area contributed by atoms with Crippen LogP contribution in [0.1, 0.15) is 34.7 Å². The number of hydrogen-bond donors (Lipinski definition) is 1. The van der Waals surface area contributed by atoms with Gasteiger partial charge in [-0.25, -0.2) is 4.79 Å². The van der Waals surface area contributed by atoms with Crippen molar-refractivity contribution in [3.63, 3.8) is 0 Å². The van der Waals surface area contributed by atoms with E-state index in [2.05, 4.69) is 39.3 Å². The van der Waals surface area contributed by atoms with Crippen molar-refractivity contribution in [2.75, 3.05) is 13.7 Å². The van der Waals surface area contributed by atoms with Gasteiger partial charge in [0.05, 0.1) is 7.11 Å². The van der Waals surface area contributed by atoms with E-state index in [1.807, 2.05) is 12.3 Å². The molecule has 0 fully saturated rings. The second-order valence-corrected chi connectivity index (χ2v) is 5.97. The van der Waals surface area contributed by atoms with Crippen LogP contribution in [-0.4, -0.2) is 24.6 Å². The highest BCUT2D eigenvalue weighted by Gasteiger charge is 2.21. The number of carbonyl (C=O) groups excluding carboxylic acids is 1. The number of aromatic nitrogens is 1. The van der Waals surface area contributed by atoms with Gasteiger partial charge in [-0.1, -0.05) is 24.3 Å². The summed E-state index contributed by atoms with van der Waals surface area (Å²) in [6.45, 7) is 0.944. The molecular weight excluding hydrogens is 300 g/mol. The minimum Gasteiger partial charge on any atom is -0.466 e. The van der Waals surface area contributed by atoms with Gasteiger partial charge in [-0.05, 0) is 60.2 Å². The van der Waals surface area contributed by atoms with Gasteiger partial charge in [0.1, 0.15) is 0 Å². The van der Waals surface area contributed by atoms with Gasteiger partial charge < -0.3 is 10.1 Å². The van der Waals surface area contributed by atoms with Crippen molar-refractivity contribution in [3.8, 4) is 0 Å². The van der Waals surface area contributed by atoms with Gasteiger partial charge in [0.15, 0.2) is 0 Å². The Morgan fingerprint density at radius 1 is 1.42 bits per heavy atom. The largest absolute Gasteiger partial charge is 0.466 e. The SMILES string of the molecule is COC(=O)C=Cc1ccc2c(c1)CCC2NCCc1cccnc1. The van der Waals surface area contributed by atoms with Crippen molar-refractivity contribution in [3.05, 3.63) is 71.1 Å². The summed E-state index contributed by atoms with van der Waals surface area (Å²) in [4.78, 5) is 15.3. The molecule has 1 aromatic carbocycles. The maximum atomic E-state index is 11.2. The number of benzene rings is 1. The zero-order chi connectivity index (χ0) is 16.8. The Balaban J connectivity index is 1.58. The third-order valence-electron chi connectivity index (χ3n) is 4.39. The van der Waals surface area contributed by atoms with Crippen LogP contribution in [0.2, 0.25) is 0 Å². The van der Waals surface area contributed by atoms with E-state index in [4.69, 9.17) is 0 Å². The maximum Gasteiger partial charge on any atom is 0.330 e. The van der Waals surface area contributed by atoms with E-state index in [-0.39, 0.29) is 5.97 Å². The fourth-order valence-electron chi connectivity index (χ4n) is 3.12. The number of carbonyl (C=O) groups is 1. The summed E-state index contributed by atoms with van der Waals surface area (Å²) in [5.74, 6) is -0.328. The van der Waals surface area contributed by atoms with Gasteiger partial charge >= 0.3 is 5.97 Å². The minimum atomic E-state index is -0.328. The smallest absolute Gasteiger partial charge is 0.330 e. The summed E-state index contributed by atoms with van der Waals surface area (Å²) in [6, 6.07) is 10.9. The first-order valence-corrected chi connectivity index (χ1v) is 8.27. The lowest BCUT2D eigenvalue weighted by Crippen LogP contribution is -2.21. The molecule has 1 aromatic heterocycles. The molecule has 1 heterocycles. The molecule has 1 aliphatic rings. The van der Waals surface area contributed by atoms with Crippen LogP contribution in [0.15, 0.2) is 48.8 Å². The van der Waals surface area contributed by atoms with Gasteiger partial charge in [0.2, 0.25) is 0 Å². The summed E-state index contributed by atoms with van der Waals surface area (Å²) in [7, 11) is 1.39. The van der Waals surface area contributed by atoms with Crippen LogP contribution in [0, 0.1) is 0 Å². The van der Waals surface area contributed by atoms with Crippen LogP contribution in [0.25, 0.3) is 6.08 Å². The number of fused-ring (bicyclic) bond motifs is 1. The third-order valence-corrected chi connectivity index (χ3v) is 4.39. The average molecular weight is 322 g/mol. The molecule has 2 aromatic rings. The van der Waals surface area contributed by atoms with Crippen molar-refractivity contribution < 1.29 is 9.53 Å². The van der Waals surface area contributed by atoms with Gasteiger partial charge in [-0.3, -0.25) is 4.98 Å². The summed E-state index contributed by atoms with van der Waals surface area (Å²) in [5, 5.41) is 3.65. The summed E-state index contributed by atoms with van der Waals surface area (Å²) in [5.41, 5.74) is 5.03. The van der Waals surface area contributed by atoms with E-state index < -0.39 is 0 Å². The first kappa shape index (κ1) is 16.4. The molecule has 0 saturated carbocycles. The molecule has 3 rings (SSSR count). The topological polar surface area (TPSA) is 51.2 Å². The van der Waals surface area contributed by atoms with Crippen molar-refractivity contribution in [2.24, 2.45) is 0 Å². The van der Waals surface area contributed by atoms with Crippen molar-refractivity contribution in [2.45, 2.75) is 25.3 Å².